The van der Waals surface area contributed by atoms with Gasteiger partial charge in [0.1, 0.15) is 5.69 Å². The molecule has 0 radical (unpaired) electrons. The minimum absolute atomic E-state index is 0.188. The van der Waals surface area contributed by atoms with E-state index in [0.29, 0.717) is 23.3 Å². The molecule has 1 saturated heterocycles. The Kier molecular flexibility index (Phi) is 3.70. The van der Waals surface area contributed by atoms with E-state index in [4.69, 9.17) is 0 Å². The van der Waals surface area contributed by atoms with Gasteiger partial charge in [-0.25, -0.2) is 4.98 Å². The van der Waals surface area contributed by atoms with E-state index in [1.54, 1.807) is 5.38 Å². The molecule has 1 aromatic heterocycles. The quantitative estimate of drug-likeness (QED) is 0.709. The molecule has 0 aliphatic carbocycles. The van der Waals surface area contributed by atoms with Gasteiger partial charge in [-0.15, -0.1) is 11.3 Å². The number of nitrogens with zero attached hydrogens (tertiary/aromatic N) is 1. The van der Waals surface area contributed by atoms with Crippen molar-refractivity contribution in [1.82, 2.24) is 15.6 Å². The molecular weight excluding hydrogens is 240 g/mol. The van der Waals surface area contributed by atoms with Crippen LogP contribution in [0.5, 0.6) is 0 Å². The van der Waals surface area contributed by atoms with Crippen LogP contribution in [0.4, 0.5) is 5.13 Å². The molecule has 6 nitrogen and oxygen atoms in total. The van der Waals surface area contributed by atoms with Gasteiger partial charge in [-0.3, -0.25) is 9.59 Å². The van der Waals surface area contributed by atoms with Crippen molar-refractivity contribution in [1.29, 1.82) is 0 Å². The van der Waals surface area contributed by atoms with Gasteiger partial charge < -0.3 is 16.0 Å². The maximum absolute atomic E-state index is 11.7. The van der Waals surface area contributed by atoms with E-state index in [9.17, 15) is 9.59 Å². The molecule has 1 aromatic rings. The van der Waals surface area contributed by atoms with E-state index in [1.807, 2.05) is 0 Å². The number of carbonyl (C=O) groups excluding carboxylic acids is 2. The summed E-state index contributed by atoms with van der Waals surface area (Å²) < 4.78 is 0. The number of carbonyl (C=O) groups is 2. The molecule has 2 rings (SSSR count). The van der Waals surface area contributed by atoms with Gasteiger partial charge in [-0.2, -0.15) is 0 Å². The number of amides is 2. The zero-order chi connectivity index (χ0) is 12.3. The largest absolute Gasteiger partial charge is 0.350 e. The van der Waals surface area contributed by atoms with Crippen LogP contribution in [0.25, 0.3) is 0 Å². The zero-order valence-electron chi connectivity index (χ0n) is 9.45. The van der Waals surface area contributed by atoms with Gasteiger partial charge in [0.15, 0.2) is 5.13 Å². The van der Waals surface area contributed by atoms with Gasteiger partial charge in [0.25, 0.3) is 5.91 Å². The molecule has 1 aliphatic rings. The van der Waals surface area contributed by atoms with Crippen LogP contribution in [0.3, 0.4) is 0 Å². The summed E-state index contributed by atoms with van der Waals surface area (Å²) in [6.45, 7) is 3.98. The third-order valence-corrected chi connectivity index (χ3v) is 3.19. The lowest BCUT2D eigenvalue weighted by atomic mass is 10.0. The van der Waals surface area contributed by atoms with Crippen LogP contribution in [0, 0.1) is 5.92 Å². The molecule has 92 valence electrons. The fourth-order valence-corrected chi connectivity index (χ4v) is 2.14. The normalized spacial score (nSPS) is 15.1. The summed E-state index contributed by atoms with van der Waals surface area (Å²) in [4.78, 5) is 26.5. The number of nitrogens with one attached hydrogen (secondary N) is 3. The Morgan fingerprint density at radius 3 is 2.94 bits per heavy atom. The Balaban J connectivity index is 1.85. The summed E-state index contributed by atoms with van der Waals surface area (Å²) in [5.74, 6) is 0.143. The fraction of sp³-hybridized carbons (Fsp3) is 0.500. The number of hydrogen-bond donors (Lipinski definition) is 3. The number of anilines is 1. The van der Waals surface area contributed by atoms with E-state index >= 15 is 0 Å². The lowest BCUT2D eigenvalue weighted by Crippen LogP contribution is -2.48. The van der Waals surface area contributed by atoms with Gasteiger partial charge >= 0.3 is 0 Å². The average Bonchev–Trinajstić information content (AvgIpc) is 2.62. The smallest absolute Gasteiger partial charge is 0.270 e. The van der Waals surface area contributed by atoms with Crippen molar-refractivity contribution in [3.05, 3.63) is 11.1 Å². The molecule has 0 bridgehead atoms. The molecule has 1 aliphatic heterocycles. The van der Waals surface area contributed by atoms with Crippen molar-refractivity contribution < 1.29 is 9.59 Å². The summed E-state index contributed by atoms with van der Waals surface area (Å²) in [6, 6.07) is 0. The Morgan fingerprint density at radius 2 is 2.35 bits per heavy atom. The SMILES string of the molecule is CC(=O)Nc1nc(C(=O)NCC2CNC2)cs1. The van der Waals surface area contributed by atoms with Gasteiger partial charge in [-0.05, 0) is 0 Å². The summed E-state index contributed by atoms with van der Waals surface area (Å²) in [6.07, 6.45) is 0. The Hall–Kier alpha value is -1.47. The molecule has 3 N–H and O–H groups in total. The maximum atomic E-state index is 11.7. The van der Waals surface area contributed by atoms with Crippen LogP contribution in [0.2, 0.25) is 0 Å². The van der Waals surface area contributed by atoms with E-state index in [-0.39, 0.29) is 11.8 Å². The second-order valence-corrected chi connectivity index (χ2v) is 4.81. The third-order valence-electron chi connectivity index (χ3n) is 2.44. The Bertz CT molecular complexity index is 428. The van der Waals surface area contributed by atoms with Crippen LogP contribution >= 0.6 is 11.3 Å². The highest BCUT2D eigenvalue weighted by atomic mass is 32.1. The molecule has 0 aromatic carbocycles. The molecule has 0 unspecified atom stereocenters. The van der Waals surface area contributed by atoms with Crippen LogP contribution < -0.4 is 16.0 Å². The molecule has 2 amide bonds. The van der Waals surface area contributed by atoms with Gasteiger partial charge in [0.2, 0.25) is 5.91 Å². The van der Waals surface area contributed by atoms with Crippen molar-refractivity contribution in [3.8, 4) is 0 Å². The van der Waals surface area contributed by atoms with Crippen molar-refractivity contribution in [2.45, 2.75) is 6.92 Å². The first kappa shape index (κ1) is 12.0. The minimum atomic E-state index is -0.190. The summed E-state index contributed by atoms with van der Waals surface area (Å²) in [5.41, 5.74) is 0.353. The van der Waals surface area contributed by atoms with Crippen LogP contribution in [0.1, 0.15) is 17.4 Å². The lowest BCUT2D eigenvalue weighted by molar-refractivity contribution is -0.114. The first-order valence-corrected chi connectivity index (χ1v) is 6.25. The van der Waals surface area contributed by atoms with Gasteiger partial charge in [0, 0.05) is 37.9 Å². The topological polar surface area (TPSA) is 83.1 Å². The predicted molar refractivity (Wildman–Crippen MR) is 65.1 cm³/mol. The highest BCUT2D eigenvalue weighted by Gasteiger charge is 2.18. The maximum Gasteiger partial charge on any atom is 0.270 e. The van der Waals surface area contributed by atoms with E-state index < -0.39 is 0 Å². The number of rotatable bonds is 4. The first-order valence-electron chi connectivity index (χ1n) is 5.37. The first-order chi connectivity index (χ1) is 8.15. The van der Waals surface area contributed by atoms with Crippen LogP contribution in [0.15, 0.2) is 5.38 Å². The second-order valence-electron chi connectivity index (χ2n) is 3.95. The molecule has 0 saturated carbocycles. The van der Waals surface area contributed by atoms with E-state index in [0.717, 1.165) is 13.1 Å². The highest BCUT2D eigenvalue weighted by Crippen LogP contribution is 2.15. The number of hydrogen-bond acceptors (Lipinski definition) is 5. The average molecular weight is 254 g/mol. The molecule has 0 spiro atoms. The number of aromatic nitrogens is 1. The second kappa shape index (κ2) is 5.24. The monoisotopic (exact) mass is 254 g/mol. The van der Waals surface area contributed by atoms with Gasteiger partial charge in [-0.1, -0.05) is 0 Å². The summed E-state index contributed by atoms with van der Waals surface area (Å²) in [5, 5.41) is 10.6. The summed E-state index contributed by atoms with van der Waals surface area (Å²) >= 11 is 1.24. The minimum Gasteiger partial charge on any atom is -0.350 e. The molecule has 17 heavy (non-hydrogen) atoms. The van der Waals surface area contributed by atoms with E-state index in [2.05, 4.69) is 20.9 Å². The predicted octanol–water partition coefficient (Wildman–Crippen LogP) is 0.0507. The Labute approximate surface area is 103 Å². The molecule has 1 fully saturated rings. The van der Waals surface area contributed by atoms with Crippen LogP contribution in [-0.4, -0.2) is 36.4 Å². The van der Waals surface area contributed by atoms with E-state index in [1.165, 1.54) is 18.3 Å². The molecule has 0 atom stereocenters. The fourth-order valence-electron chi connectivity index (χ4n) is 1.41. The number of thiazole rings is 1. The summed E-state index contributed by atoms with van der Waals surface area (Å²) in [7, 11) is 0. The van der Waals surface area contributed by atoms with Crippen molar-refractivity contribution in [3.63, 3.8) is 0 Å². The molecule has 2 heterocycles. The zero-order valence-corrected chi connectivity index (χ0v) is 10.3. The van der Waals surface area contributed by atoms with Gasteiger partial charge in [0.05, 0.1) is 0 Å². The standard InChI is InChI=1S/C10H14N4O2S/c1-6(15)13-10-14-8(5-17-10)9(16)12-4-7-2-11-3-7/h5,7,11H,2-4H2,1H3,(H,12,16)(H,13,14,15). The van der Waals surface area contributed by atoms with Crippen molar-refractivity contribution >= 4 is 28.3 Å². The van der Waals surface area contributed by atoms with Crippen molar-refractivity contribution in [2.75, 3.05) is 25.0 Å². The van der Waals surface area contributed by atoms with Crippen LogP contribution in [-0.2, 0) is 4.79 Å². The molecular formula is C10H14N4O2S. The van der Waals surface area contributed by atoms with Crippen molar-refractivity contribution in [2.24, 2.45) is 5.92 Å². The highest BCUT2D eigenvalue weighted by molar-refractivity contribution is 7.14. The lowest BCUT2D eigenvalue weighted by Gasteiger charge is -2.26. The third kappa shape index (κ3) is 3.24. The molecule has 7 heteroatoms. The Morgan fingerprint density at radius 1 is 1.59 bits per heavy atom.